The molecule has 0 fully saturated rings. The van der Waals surface area contributed by atoms with Crippen molar-refractivity contribution < 1.29 is 9.53 Å². The average Bonchev–Trinajstić information content (AvgIpc) is 2.38. The zero-order valence-corrected chi connectivity index (χ0v) is 9.99. The second-order valence-electron chi connectivity index (χ2n) is 3.47. The van der Waals surface area contributed by atoms with Gasteiger partial charge >= 0.3 is 0 Å². The lowest BCUT2D eigenvalue weighted by Gasteiger charge is -2.06. The molecule has 17 heavy (non-hydrogen) atoms. The Hall–Kier alpha value is -1.65. The molecule has 0 saturated heterocycles. The third-order valence-corrected chi connectivity index (χ3v) is 2.88. The fourth-order valence-corrected chi connectivity index (χ4v) is 1.92. The first-order valence-electron chi connectivity index (χ1n) is 5.04. The number of Topliss-reactive ketones (excluding diaryl/α,β-unsaturated/α-hetero) is 1. The van der Waals surface area contributed by atoms with E-state index in [1.165, 1.54) is 0 Å². The van der Waals surface area contributed by atoms with Gasteiger partial charge in [0.2, 0.25) is 5.88 Å². The van der Waals surface area contributed by atoms with Gasteiger partial charge in [0.25, 0.3) is 0 Å². The summed E-state index contributed by atoms with van der Waals surface area (Å²) in [5.74, 6) is 0.319. The number of hydrogen-bond donors (Lipinski definition) is 1. The van der Waals surface area contributed by atoms with Gasteiger partial charge < -0.3 is 10.5 Å². The molecule has 0 bridgehead atoms. The van der Waals surface area contributed by atoms with Crippen LogP contribution in [-0.4, -0.2) is 24.4 Å². The van der Waals surface area contributed by atoms with Gasteiger partial charge in [-0.15, -0.1) is 0 Å². The van der Waals surface area contributed by atoms with Crippen LogP contribution in [0, 0.1) is 0 Å². The highest BCUT2D eigenvalue weighted by Gasteiger charge is 2.12. The monoisotopic (exact) mass is 250 g/mol. The largest absolute Gasteiger partial charge is 0.481 e. The van der Waals surface area contributed by atoms with Crippen molar-refractivity contribution in [1.29, 1.82) is 0 Å². The van der Waals surface area contributed by atoms with Crippen LogP contribution in [0.4, 0.5) is 0 Å². The third kappa shape index (κ3) is 2.09. The van der Waals surface area contributed by atoms with E-state index in [-0.39, 0.29) is 12.3 Å². The number of methoxy groups -OCH3 is 1. The molecule has 0 spiro atoms. The van der Waals surface area contributed by atoms with E-state index in [0.29, 0.717) is 27.4 Å². The molecule has 0 saturated carbocycles. The van der Waals surface area contributed by atoms with Gasteiger partial charge in [0.05, 0.1) is 24.2 Å². The molecule has 2 rings (SSSR count). The van der Waals surface area contributed by atoms with Crippen LogP contribution < -0.4 is 10.5 Å². The number of carbonyl (C=O) groups excluding carboxylic acids is 1. The second-order valence-corrected chi connectivity index (χ2v) is 3.85. The van der Waals surface area contributed by atoms with Gasteiger partial charge in [0.15, 0.2) is 5.78 Å². The highest BCUT2D eigenvalue weighted by molar-refractivity contribution is 6.38. The maximum atomic E-state index is 11.5. The van der Waals surface area contributed by atoms with Gasteiger partial charge in [-0.1, -0.05) is 11.6 Å². The van der Waals surface area contributed by atoms with Crippen molar-refractivity contribution in [3.63, 3.8) is 0 Å². The fourth-order valence-electron chi connectivity index (χ4n) is 1.59. The van der Waals surface area contributed by atoms with E-state index >= 15 is 0 Å². The van der Waals surface area contributed by atoms with E-state index in [1.54, 1.807) is 31.4 Å². The zero-order valence-electron chi connectivity index (χ0n) is 9.24. The highest BCUT2D eigenvalue weighted by atomic mass is 35.5. The first kappa shape index (κ1) is 11.8. The van der Waals surface area contributed by atoms with E-state index in [4.69, 9.17) is 22.1 Å². The summed E-state index contributed by atoms with van der Waals surface area (Å²) in [5.41, 5.74) is 6.43. The summed E-state index contributed by atoms with van der Waals surface area (Å²) in [5, 5.41) is 1.10. The van der Waals surface area contributed by atoms with Crippen molar-refractivity contribution in [2.75, 3.05) is 13.7 Å². The number of carbonyl (C=O) groups is 1. The van der Waals surface area contributed by atoms with E-state index in [1.807, 2.05) is 0 Å². The van der Waals surface area contributed by atoms with Crippen molar-refractivity contribution >= 4 is 28.3 Å². The molecule has 2 N–H and O–H groups in total. The minimum atomic E-state index is -0.187. The van der Waals surface area contributed by atoms with Crippen LogP contribution in [0.15, 0.2) is 24.3 Å². The Morgan fingerprint density at radius 2 is 2.18 bits per heavy atom. The van der Waals surface area contributed by atoms with Gasteiger partial charge in [-0.3, -0.25) is 4.79 Å². The summed E-state index contributed by atoms with van der Waals surface area (Å²) in [6.07, 6.45) is 0. The molecule has 0 radical (unpaired) electrons. The molecule has 88 valence electrons. The number of fused-ring (bicyclic) bond motifs is 1. The summed E-state index contributed by atoms with van der Waals surface area (Å²) in [7, 11) is 1.54. The molecule has 1 heterocycles. The fraction of sp³-hybridized carbons (Fsp3) is 0.167. The SMILES string of the molecule is COc1ccc2c(Cl)c(C(=O)CN)ccc2n1. The van der Waals surface area contributed by atoms with E-state index in [0.717, 1.165) is 0 Å². The maximum Gasteiger partial charge on any atom is 0.213 e. The number of aromatic nitrogens is 1. The number of hydrogen-bond acceptors (Lipinski definition) is 4. The third-order valence-electron chi connectivity index (χ3n) is 2.47. The van der Waals surface area contributed by atoms with Crippen LogP contribution in [0.2, 0.25) is 5.02 Å². The number of rotatable bonds is 3. The maximum absolute atomic E-state index is 11.5. The average molecular weight is 251 g/mol. The van der Waals surface area contributed by atoms with Crippen LogP contribution in [0.1, 0.15) is 10.4 Å². The lowest BCUT2D eigenvalue weighted by molar-refractivity contribution is 0.100. The van der Waals surface area contributed by atoms with E-state index in [9.17, 15) is 4.79 Å². The Bertz CT molecular complexity index is 584. The predicted molar refractivity (Wildman–Crippen MR) is 66.7 cm³/mol. The van der Waals surface area contributed by atoms with Crippen LogP contribution in [0.5, 0.6) is 5.88 Å². The lowest BCUT2D eigenvalue weighted by atomic mass is 10.1. The van der Waals surface area contributed by atoms with Crippen LogP contribution in [0.25, 0.3) is 10.9 Å². The number of pyridine rings is 1. The van der Waals surface area contributed by atoms with Gasteiger partial charge in [0.1, 0.15) is 0 Å². The number of ether oxygens (including phenoxy) is 1. The van der Waals surface area contributed by atoms with Crippen molar-refractivity contribution in [3.8, 4) is 5.88 Å². The number of nitrogens with two attached hydrogens (primary N) is 1. The van der Waals surface area contributed by atoms with Gasteiger partial charge in [-0.25, -0.2) is 4.98 Å². The smallest absolute Gasteiger partial charge is 0.213 e. The van der Waals surface area contributed by atoms with Crippen molar-refractivity contribution in [3.05, 3.63) is 34.9 Å². The van der Waals surface area contributed by atoms with Crippen LogP contribution in [0.3, 0.4) is 0 Å². The second kappa shape index (κ2) is 4.69. The molecule has 2 aromatic rings. The molecule has 5 heteroatoms. The summed E-state index contributed by atoms with van der Waals surface area (Å²) in [6.45, 7) is -0.0607. The molecule has 0 amide bonds. The molecule has 0 unspecified atom stereocenters. The summed E-state index contributed by atoms with van der Waals surface area (Å²) >= 11 is 6.15. The zero-order chi connectivity index (χ0) is 12.4. The quantitative estimate of drug-likeness (QED) is 0.847. The Morgan fingerprint density at radius 3 is 2.82 bits per heavy atom. The Balaban J connectivity index is 2.64. The first-order valence-corrected chi connectivity index (χ1v) is 5.41. The summed E-state index contributed by atoms with van der Waals surface area (Å²) < 4.78 is 5.02. The minimum absolute atomic E-state index is 0.0607. The van der Waals surface area contributed by atoms with E-state index < -0.39 is 0 Å². The molecule has 0 aliphatic carbocycles. The molecule has 0 aliphatic rings. The molecule has 1 aromatic carbocycles. The Labute approximate surface area is 103 Å². The topological polar surface area (TPSA) is 65.2 Å². The number of halogens is 1. The number of benzene rings is 1. The Kier molecular flexibility index (Phi) is 3.26. The van der Waals surface area contributed by atoms with Crippen LogP contribution >= 0.6 is 11.6 Å². The lowest BCUT2D eigenvalue weighted by Crippen LogP contribution is -2.14. The molecular weight excluding hydrogens is 240 g/mol. The molecule has 0 aliphatic heterocycles. The predicted octanol–water partition coefficient (Wildman–Crippen LogP) is 2.04. The van der Waals surface area contributed by atoms with Gasteiger partial charge in [-0.2, -0.15) is 0 Å². The van der Waals surface area contributed by atoms with Gasteiger partial charge in [-0.05, 0) is 18.2 Å². The molecule has 0 atom stereocenters. The standard InChI is InChI=1S/C12H11ClN2O2/c1-17-11-5-3-7-9(15-11)4-2-8(12(7)13)10(16)6-14/h2-5H,6,14H2,1H3. The normalized spacial score (nSPS) is 10.5. The first-order chi connectivity index (χ1) is 8.17. The number of ketones is 1. The van der Waals surface area contributed by atoms with Gasteiger partial charge in [0, 0.05) is 17.0 Å². The van der Waals surface area contributed by atoms with E-state index in [2.05, 4.69) is 4.98 Å². The van der Waals surface area contributed by atoms with Crippen molar-refractivity contribution in [2.45, 2.75) is 0 Å². The summed E-state index contributed by atoms with van der Waals surface area (Å²) in [4.78, 5) is 15.8. The molecular formula is C12H11ClN2O2. The highest BCUT2D eigenvalue weighted by Crippen LogP contribution is 2.28. The molecule has 1 aromatic heterocycles. The molecule has 4 nitrogen and oxygen atoms in total. The Morgan fingerprint density at radius 1 is 1.41 bits per heavy atom. The minimum Gasteiger partial charge on any atom is -0.481 e. The summed E-state index contributed by atoms with van der Waals surface area (Å²) in [6, 6.07) is 6.83. The number of nitrogens with zero attached hydrogens (tertiary/aromatic N) is 1. The van der Waals surface area contributed by atoms with Crippen molar-refractivity contribution in [2.24, 2.45) is 5.73 Å². The van der Waals surface area contributed by atoms with Crippen LogP contribution in [-0.2, 0) is 0 Å². The van der Waals surface area contributed by atoms with Crippen molar-refractivity contribution in [1.82, 2.24) is 4.98 Å².